The van der Waals surface area contributed by atoms with Crippen molar-refractivity contribution >= 4 is 5.91 Å². The molecule has 1 amide bonds. The van der Waals surface area contributed by atoms with E-state index in [0.29, 0.717) is 5.92 Å². The third-order valence-corrected chi connectivity index (χ3v) is 5.32. The van der Waals surface area contributed by atoms with Crippen LogP contribution < -0.4 is 5.32 Å². The first-order valence-corrected chi connectivity index (χ1v) is 9.44. The van der Waals surface area contributed by atoms with E-state index >= 15 is 0 Å². The molecule has 1 rings (SSSR count). The lowest BCUT2D eigenvalue weighted by molar-refractivity contribution is -0.129. The average molecular weight is 296 g/mol. The number of amides is 1. The molecule has 0 radical (unpaired) electrons. The normalized spacial score (nSPS) is 21.3. The van der Waals surface area contributed by atoms with Gasteiger partial charge in [0.05, 0.1) is 0 Å². The van der Waals surface area contributed by atoms with Crippen molar-refractivity contribution in [2.45, 2.75) is 90.9 Å². The SMILES string of the molecule is CCCCCCC(CCCCCC)C1CC(C(=O)NC)C1. The highest BCUT2D eigenvalue weighted by Crippen LogP contribution is 2.43. The quantitative estimate of drug-likeness (QED) is 0.485. The second kappa shape index (κ2) is 11.1. The lowest BCUT2D eigenvalue weighted by Gasteiger charge is -2.40. The fourth-order valence-electron chi connectivity index (χ4n) is 3.75. The van der Waals surface area contributed by atoms with E-state index in [1.807, 2.05) is 0 Å². The van der Waals surface area contributed by atoms with Crippen molar-refractivity contribution in [3.63, 3.8) is 0 Å². The number of unbranched alkanes of at least 4 members (excludes halogenated alkanes) is 6. The van der Waals surface area contributed by atoms with Gasteiger partial charge in [0.1, 0.15) is 0 Å². The minimum Gasteiger partial charge on any atom is -0.359 e. The van der Waals surface area contributed by atoms with Crippen LogP contribution in [-0.4, -0.2) is 13.0 Å². The number of hydrogen-bond donors (Lipinski definition) is 1. The van der Waals surface area contributed by atoms with Crippen LogP contribution >= 0.6 is 0 Å². The summed E-state index contributed by atoms with van der Waals surface area (Å²) in [6, 6.07) is 0. The van der Waals surface area contributed by atoms with Gasteiger partial charge >= 0.3 is 0 Å². The first kappa shape index (κ1) is 18.5. The Balaban J connectivity index is 2.28. The Morgan fingerprint density at radius 3 is 1.90 bits per heavy atom. The van der Waals surface area contributed by atoms with E-state index in [2.05, 4.69) is 19.2 Å². The molecule has 1 aliphatic carbocycles. The Morgan fingerprint density at radius 1 is 0.952 bits per heavy atom. The zero-order valence-corrected chi connectivity index (χ0v) is 14.6. The summed E-state index contributed by atoms with van der Waals surface area (Å²) in [7, 11) is 1.77. The second-order valence-electron chi connectivity index (χ2n) is 7.00. The van der Waals surface area contributed by atoms with Gasteiger partial charge in [-0.05, 0) is 24.7 Å². The van der Waals surface area contributed by atoms with E-state index in [-0.39, 0.29) is 5.91 Å². The topological polar surface area (TPSA) is 29.1 Å². The van der Waals surface area contributed by atoms with E-state index in [1.165, 1.54) is 64.2 Å². The number of carbonyl (C=O) groups is 1. The van der Waals surface area contributed by atoms with Crippen molar-refractivity contribution in [3.05, 3.63) is 0 Å². The summed E-state index contributed by atoms with van der Waals surface area (Å²) in [4.78, 5) is 11.6. The summed E-state index contributed by atoms with van der Waals surface area (Å²) >= 11 is 0. The number of rotatable bonds is 12. The van der Waals surface area contributed by atoms with E-state index in [0.717, 1.165) is 24.7 Å². The summed E-state index contributed by atoms with van der Waals surface area (Å²) in [5.74, 6) is 2.30. The van der Waals surface area contributed by atoms with E-state index in [1.54, 1.807) is 7.05 Å². The highest BCUT2D eigenvalue weighted by molar-refractivity contribution is 5.79. The molecule has 0 bridgehead atoms. The molecule has 1 N–H and O–H groups in total. The van der Waals surface area contributed by atoms with E-state index < -0.39 is 0 Å². The molecule has 1 aliphatic rings. The molecule has 1 fully saturated rings. The third-order valence-electron chi connectivity index (χ3n) is 5.32. The molecule has 2 nitrogen and oxygen atoms in total. The standard InChI is InChI=1S/C19H37NO/c1-4-6-8-10-12-16(13-11-9-7-5-2)17-14-18(15-17)19(21)20-3/h16-18H,4-15H2,1-3H3,(H,20,21). The van der Waals surface area contributed by atoms with E-state index in [9.17, 15) is 4.79 Å². The minimum absolute atomic E-state index is 0.266. The van der Waals surface area contributed by atoms with Gasteiger partial charge in [-0.1, -0.05) is 78.1 Å². The molecule has 0 aliphatic heterocycles. The lowest BCUT2D eigenvalue weighted by atomic mass is 9.65. The van der Waals surface area contributed by atoms with Gasteiger partial charge in [-0.2, -0.15) is 0 Å². The van der Waals surface area contributed by atoms with Crippen molar-refractivity contribution in [2.75, 3.05) is 7.05 Å². The fraction of sp³-hybridized carbons (Fsp3) is 0.947. The first-order chi connectivity index (χ1) is 10.2. The van der Waals surface area contributed by atoms with Gasteiger partial charge in [-0.15, -0.1) is 0 Å². The van der Waals surface area contributed by atoms with Crippen molar-refractivity contribution in [1.82, 2.24) is 5.32 Å². The lowest BCUT2D eigenvalue weighted by Crippen LogP contribution is -2.39. The van der Waals surface area contributed by atoms with Gasteiger partial charge in [0.2, 0.25) is 5.91 Å². The molecular weight excluding hydrogens is 258 g/mol. The van der Waals surface area contributed by atoms with Crippen molar-refractivity contribution < 1.29 is 4.79 Å². The number of carbonyl (C=O) groups excluding carboxylic acids is 1. The largest absolute Gasteiger partial charge is 0.359 e. The zero-order valence-electron chi connectivity index (χ0n) is 14.6. The molecule has 2 heteroatoms. The molecule has 0 unspecified atom stereocenters. The van der Waals surface area contributed by atoms with Crippen LogP contribution in [0.15, 0.2) is 0 Å². The average Bonchev–Trinajstić information content (AvgIpc) is 2.45. The summed E-state index contributed by atoms with van der Waals surface area (Å²) in [6.07, 6.45) is 16.1. The molecule has 124 valence electrons. The molecule has 0 aromatic carbocycles. The van der Waals surface area contributed by atoms with Gasteiger partial charge in [-0.3, -0.25) is 4.79 Å². The highest BCUT2D eigenvalue weighted by Gasteiger charge is 2.37. The Hall–Kier alpha value is -0.530. The summed E-state index contributed by atoms with van der Waals surface area (Å²) in [6.45, 7) is 4.56. The monoisotopic (exact) mass is 295 g/mol. The summed E-state index contributed by atoms with van der Waals surface area (Å²) < 4.78 is 0. The molecule has 0 saturated heterocycles. The molecule has 0 aromatic rings. The Labute approximate surface area is 132 Å². The van der Waals surface area contributed by atoms with Crippen LogP contribution in [0.4, 0.5) is 0 Å². The summed E-state index contributed by atoms with van der Waals surface area (Å²) in [5, 5.41) is 2.81. The van der Waals surface area contributed by atoms with Gasteiger partial charge in [-0.25, -0.2) is 0 Å². The minimum atomic E-state index is 0.266. The van der Waals surface area contributed by atoms with Crippen LogP contribution in [0.5, 0.6) is 0 Å². The molecular formula is C19H37NO. The molecule has 0 heterocycles. The van der Waals surface area contributed by atoms with Crippen molar-refractivity contribution in [2.24, 2.45) is 17.8 Å². The van der Waals surface area contributed by atoms with Crippen LogP contribution in [-0.2, 0) is 4.79 Å². The number of hydrogen-bond acceptors (Lipinski definition) is 1. The van der Waals surface area contributed by atoms with Gasteiger partial charge in [0.25, 0.3) is 0 Å². The molecule has 0 spiro atoms. The Kier molecular flexibility index (Phi) is 9.78. The zero-order chi connectivity index (χ0) is 15.5. The van der Waals surface area contributed by atoms with Crippen LogP contribution in [0, 0.1) is 17.8 Å². The second-order valence-corrected chi connectivity index (χ2v) is 7.00. The number of nitrogens with one attached hydrogen (secondary N) is 1. The maximum absolute atomic E-state index is 11.6. The van der Waals surface area contributed by atoms with Crippen molar-refractivity contribution in [3.8, 4) is 0 Å². The maximum atomic E-state index is 11.6. The maximum Gasteiger partial charge on any atom is 0.222 e. The molecule has 1 saturated carbocycles. The van der Waals surface area contributed by atoms with E-state index in [4.69, 9.17) is 0 Å². The molecule has 0 atom stereocenters. The van der Waals surface area contributed by atoms with Crippen LogP contribution in [0.2, 0.25) is 0 Å². The predicted octanol–water partition coefficient (Wildman–Crippen LogP) is 5.32. The van der Waals surface area contributed by atoms with Crippen LogP contribution in [0.25, 0.3) is 0 Å². The smallest absolute Gasteiger partial charge is 0.222 e. The first-order valence-electron chi connectivity index (χ1n) is 9.44. The van der Waals surface area contributed by atoms with Crippen LogP contribution in [0.1, 0.15) is 90.9 Å². The molecule has 0 aromatic heterocycles. The Morgan fingerprint density at radius 2 is 1.48 bits per heavy atom. The van der Waals surface area contributed by atoms with Gasteiger partial charge in [0.15, 0.2) is 0 Å². The molecule has 21 heavy (non-hydrogen) atoms. The fourth-order valence-corrected chi connectivity index (χ4v) is 3.75. The summed E-state index contributed by atoms with van der Waals surface area (Å²) in [5.41, 5.74) is 0. The third kappa shape index (κ3) is 6.84. The van der Waals surface area contributed by atoms with Crippen LogP contribution in [0.3, 0.4) is 0 Å². The Bertz CT molecular complexity index is 259. The van der Waals surface area contributed by atoms with Gasteiger partial charge < -0.3 is 5.32 Å². The highest BCUT2D eigenvalue weighted by atomic mass is 16.1. The van der Waals surface area contributed by atoms with Crippen molar-refractivity contribution in [1.29, 1.82) is 0 Å². The predicted molar refractivity (Wildman–Crippen MR) is 91.3 cm³/mol. The van der Waals surface area contributed by atoms with Gasteiger partial charge in [0, 0.05) is 13.0 Å².